The van der Waals surface area contributed by atoms with Crippen LogP contribution in [0, 0.1) is 0 Å². The summed E-state index contributed by atoms with van der Waals surface area (Å²) in [5.41, 5.74) is 4.54. The van der Waals surface area contributed by atoms with E-state index in [9.17, 15) is 9.59 Å². The van der Waals surface area contributed by atoms with E-state index in [1.807, 2.05) is 94.0 Å². The van der Waals surface area contributed by atoms with Crippen molar-refractivity contribution in [2.24, 2.45) is 0 Å². The van der Waals surface area contributed by atoms with Gasteiger partial charge >= 0.3 is 0 Å². The first-order chi connectivity index (χ1) is 17.1. The number of thiophene rings is 1. The number of carbonyl (C=O) groups excluding carboxylic acids is 2. The second kappa shape index (κ2) is 10.1. The summed E-state index contributed by atoms with van der Waals surface area (Å²) in [7, 11) is 0. The fourth-order valence-corrected chi connectivity index (χ4v) is 4.92. The summed E-state index contributed by atoms with van der Waals surface area (Å²) in [5.74, 6) is 0.0662. The van der Waals surface area contributed by atoms with Crippen LogP contribution in [0.3, 0.4) is 0 Å². The Balaban J connectivity index is 1.27. The molecule has 0 atom stereocenters. The van der Waals surface area contributed by atoms with Crippen molar-refractivity contribution in [1.29, 1.82) is 0 Å². The number of ketones is 1. The Kier molecular flexibility index (Phi) is 6.59. The molecule has 5 rings (SSSR count). The largest absolute Gasteiger partial charge is 0.368 e. The summed E-state index contributed by atoms with van der Waals surface area (Å²) < 4.78 is 1.86. The topological polar surface area (TPSA) is 58.4 Å². The molecule has 0 saturated carbocycles. The zero-order valence-corrected chi connectivity index (χ0v) is 20.3. The van der Waals surface area contributed by atoms with Gasteiger partial charge in [0.05, 0.1) is 10.6 Å². The van der Waals surface area contributed by atoms with Gasteiger partial charge in [-0.2, -0.15) is 5.10 Å². The number of nitrogens with zero attached hydrogens (tertiary/aromatic N) is 4. The smallest absolute Gasteiger partial charge is 0.246 e. The molecule has 0 spiro atoms. The van der Waals surface area contributed by atoms with Gasteiger partial charge < -0.3 is 9.80 Å². The van der Waals surface area contributed by atoms with Crippen LogP contribution in [0.25, 0.3) is 22.3 Å². The van der Waals surface area contributed by atoms with Crippen LogP contribution in [0.1, 0.15) is 22.8 Å². The lowest BCUT2D eigenvalue weighted by atomic mass is 10.1. The third kappa shape index (κ3) is 5.10. The lowest BCUT2D eigenvalue weighted by Gasteiger charge is -2.35. The highest BCUT2D eigenvalue weighted by Gasteiger charge is 2.20. The molecular weight excluding hydrogens is 456 g/mol. The Hall–Kier alpha value is -3.97. The second-order valence-corrected chi connectivity index (χ2v) is 9.39. The highest BCUT2D eigenvalue weighted by Crippen LogP contribution is 2.28. The molecule has 2 aromatic carbocycles. The molecule has 0 N–H and O–H groups in total. The van der Waals surface area contributed by atoms with Crippen molar-refractivity contribution in [2.75, 3.05) is 31.1 Å². The predicted octanol–water partition coefficient (Wildman–Crippen LogP) is 5.17. The van der Waals surface area contributed by atoms with E-state index in [0.29, 0.717) is 18.7 Å². The quantitative estimate of drug-likeness (QED) is 0.281. The number of anilines is 1. The second-order valence-electron chi connectivity index (χ2n) is 8.44. The first kappa shape index (κ1) is 22.8. The monoisotopic (exact) mass is 482 g/mol. The molecule has 0 radical (unpaired) electrons. The molecule has 0 bridgehead atoms. The van der Waals surface area contributed by atoms with Gasteiger partial charge in [-0.15, -0.1) is 11.3 Å². The minimum atomic E-state index is 0.00108. The molecular formula is C28H26N4O2S. The number of piperazine rings is 1. The Bertz CT molecular complexity index is 1330. The number of benzene rings is 2. The summed E-state index contributed by atoms with van der Waals surface area (Å²) in [6.07, 6.45) is 5.49. The summed E-state index contributed by atoms with van der Waals surface area (Å²) in [5, 5.41) is 6.83. The van der Waals surface area contributed by atoms with E-state index < -0.39 is 0 Å². The third-order valence-corrected chi connectivity index (χ3v) is 7.03. The molecule has 35 heavy (non-hydrogen) atoms. The van der Waals surface area contributed by atoms with Crippen molar-refractivity contribution >= 4 is 34.8 Å². The number of para-hydroxylation sites is 1. The van der Waals surface area contributed by atoms with E-state index >= 15 is 0 Å². The highest BCUT2D eigenvalue weighted by atomic mass is 32.1. The van der Waals surface area contributed by atoms with Crippen LogP contribution in [-0.2, 0) is 4.79 Å². The molecule has 3 heterocycles. The average Bonchev–Trinajstić information content (AvgIpc) is 3.58. The van der Waals surface area contributed by atoms with Crippen LogP contribution >= 0.6 is 11.3 Å². The lowest BCUT2D eigenvalue weighted by molar-refractivity contribution is -0.126. The first-order valence-corrected chi connectivity index (χ1v) is 12.5. The van der Waals surface area contributed by atoms with Crippen molar-refractivity contribution in [3.8, 4) is 16.3 Å². The number of rotatable bonds is 6. The lowest BCUT2D eigenvalue weighted by Crippen LogP contribution is -2.48. The Morgan fingerprint density at radius 1 is 0.886 bits per heavy atom. The number of Topliss-reactive ketones (excluding diaryl/α,β-unsaturated/α-hetero) is 1. The maximum absolute atomic E-state index is 13.0. The van der Waals surface area contributed by atoms with Crippen LogP contribution in [0.2, 0.25) is 0 Å². The number of amides is 1. The molecule has 176 valence electrons. The fraction of sp³-hybridized carbons (Fsp3) is 0.179. The zero-order chi connectivity index (χ0) is 24.2. The molecule has 1 amide bonds. The van der Waals surface area contributed by atoms with Crippen molar-refractivity contribution < 1.29 is 9.59 Å². The van der Waals surface area contributed by atoms with E-state index in [0.717, 1.165) is 40.6 Å². The molecule has 1 aliphatic heterocycles. The Morgan fingerprint density at radius 2 is 1.63 bits per heavy atom. The third-order valence-electron chi connectivity index (χ3n) is 6.15. The van der Waals surface area contributed by atoms with Gasteiger partial charge in [-0.25, -0.2) is 4.68 Å². The van der Waals surface area contributed by atoms with Gasteiger partial charge in [0.25, 0.3) is 0 Å². The summed E-state index contributed by atoms with van der Waals surface area (Å²) >= 11 is 1.63. The average molecular weight is 483 g/mol. The molecule has 1 fully saturated rings. The van der Waals surface area contributed by atoms with Crippen molar-refractivity contribution in [3.05, 3.63) is 95.5 Å². The molecule has 7 heteroatoms. The molecule has 0 aliphatic carbocycles. The van der Waals surface area contributed by atoms with Gasteiger partial charge in [0, 0.05) is 55.3 Å². The van der Waals surface area contributed by atoms with Gasteiger partial charge in [0.15, 0.2) is 5.78 Å². The summed E-state index contributed by atoms with van der Waals surface area (Å²) in [4.78, 5) is 29.7. The number of hydrogen-bond acceptors (Lipinski definition) is 5. The molecule has 1 saturated heterocycles. The SMILES string of the molecule is CC(=O)c1ccc(N2CCN(C(=O)/C=C/c3cn(-c4ccccc4)nc3-c3cccs3)CC2)cc1. The van der Waals surface area contributed by atoms with Gasteiger partial charge in [-0.1, -0.05) is 24.3 Å². The molecule has 0 unspecified atom stereocenters. The van der Waals surface area contributed by atoms with E-state index in [2.05, 4.69) is 4.90 Å². The number of carbonyl (C=O) groups is 2. The van der Waals surface area contributed by atoms with Gasteiger partial charge in [-0.3, -0.25) is 9.59 Å². The van der Waals surface area contributed by atoms with Crippen molar-refractivity contribution in [1.82, 2.24) is 14.7 Å². The van der Waals surface area contributed by atoms with E-state index in [1.165, 1.54) is 0 Å². The van der Waals surface area contributed by atoms with Crippen molar-refractivity contribution in [3.63, 3.8) is 0 Å². The fourth-order valence-electron chi connectivity index (χ4n) is 4.19. The number of aromatic nitrogens is 2. The van der Waals surface area contributed by atoms with Crippen LogP contribution in [0.4, 0.5) is 5.69 Å². The normalized spacial score (nSPS) is 14.0. The summed E-state index contributed by atoms with van der Waals surface area (Å²) in [6.45, 7) is 4.39. The van der Waals surface area contributed by atoms with Crippen LogP contribution in [0.5, 0.6) is 0 Å². The molecule has 1 aliphatic rings. The van der Waals surface area contributed by atoms with E-state index in [4.69, 9.17) is 5.10 Å². The van der Waals surface area contributed by atoms with Gasteiger partial charge in [0.1, 0.15) is 5.69 Å². The molecule has 6 nitrogen and oxygen atoms in total. The Labute approximate surface area is 208 Å². The maximum atomic E-state index is 13.0. The van der Waals surface area contributed by atoms with E-state index in [-0.39, 0.29) is 11.7 Å². The minimum Gasteiger partial charge on any atom is -0.368 e. The Morgan fingerprint density at radius 3 is 2.29 bits per heavy atom. The standard InChI is InChI=1S/C28H26N4O2S/c1-21(33)22-9-12-24(13-10-22)30-15-17-31(18-16-30)27(34)14-11-23-20-32(25-6-3-2-4-7-25)29-28(23)26-8-5-19-35-26/h2-14,19-20H,15-18H2,1H3/b14-11+. The number of hydrogen-bond donors (Lipinski definition) is 0. The minimum absolute atomic E-state index is 0.00108. The van der Waals surface area contributed by atoms with Gasteiger partial charge in [0.2, 0.25) is 5.91 Å². The predicted molar refractivity (Wildman–Crippen MR) is 141 cm³/mol. The molecule has 2 aromatic heterocycles. The molecule has 4 aromatic rings. The zero-order valence-electron chi connectivity index (χ0n) is 19.5. The first-order valence-electron chi connectivity index (χ1n) is 11.6. The highest BCUT2D eigenvalue weighted by molar-refractivity contribution is 7.13. The maximum Gasteiger partial charge on any atom is 0.246 e. The van der Waals surface area contributed by atoms with Crippen LogP contribution in [-0.4, -0.2) is 52.5 Å². The van der Waals surface area contributed by atoms with Crippen LogP contribution in [0.15, 0.2) is 84.4 Å². The van der Waals surface area contributed by atoms with Gasteiger partial charge in [-0.05, 0) is 60.8 Å². The van der Waals surface area contributed by atoms with Crippen molar-refractivity contribution in [2.45, 2.75) is 6.92 Å². The summed E-state index contributed by atoms with van der Waals surface area (Å²) in [6, 6.07) is 21.7. The van der Waals surface area contributed by atoms with Crippen LogP contribution < -0.4 is 4.90 Å². The van der Waals surface area contributed by atoms with E-state index in [1.54, 1.807) is 24.3 Å².